The van der Waals surface area contributed by atoms with Crippen molar-refractivity contribution in [1.82, 2.24) is 10.2 Å². The van der Waals surface area contributed by atoms with Gasteiger partial charge in [0.2, 0.25) is 5.91 Å². The molecule has 1 fully saturated rings. The first-order chi connectivity index (χ1) is 12.9. The number of carbonyl (C=O) groups is 2. The van der Waals surface area contributed by atoms with E-state index in [-0.39, 0.29) is 49.7 Å². The van der Waals surface area contributed by atoms with Crippen LogP contribution in [-0.4, -0.2) is 34.5 Å². The molecule has 0 aromatic heterocycles. The Morgan fingerprint density at radius 1 is 1.29 bits per heavy atom. The molecular weight excluding hydrogens is 354 g/mol. The summed E-state index contributed by atoms with van der Waals surface area (Å²) in [6.07, 6.45) is 1.70. The number of nitrogens with zero attached hydrogens (tertiary/aromatic N) is 1. The van der Waals surface area contributed by atoms with Crippen LogP contribution in [0.25, 0.3) is 0 Å². The van der Waals surface area contributed by atoms with Gasteiger partial charge in [-0.2, -0.15) is 0 Å². The van der Waals surface area contributed by atoms with Gasteiger partial charge in [-0.3, -0.25) is 9.69 Å². The standard InChI is InChI=1S/C21H23FN2O3.Li.H/c1-14(16-7-9-17(10-8-16)21(26)27)23-20(25)19-6-3-11-24(19)13-15-4-2-5-18(22)12-15;;/h2,4-5,7-10,12,14,19H,3,6,11,13H2,1H3,(H,23,25)(H,26,27);;/q;+1;-1/t14-,19+;;/m0../s1. The third kappa shape index (κ3) is 5.45. The van der Waals surface area contributed by atoms with Gasteiger partial charge in [0, 0.05) is 6.54 Å². The van der Waals surface area contributed by atoms with Gasteiger partial charge in [0.15, 0.2) is 0 Å². The number of rotatable bonds is 6. The quantitative estimate of drug-likeness (QED) is 0.718. The van der Waals surface area contributed by atoms with E-state index in [2.05, 4.69) is 10.2 Å². The van der Waals surface area contributed by atoms with Crippen LogP contribution in [0.2, 0.25) is 0 Å². The fraction of sp³-hybridized carbons (Fsp3) is 0.333. The summed E-state index contributed by atoms with van der Waals surface area (Å²) in [4.78, 5) is 25.8. The number of amides is 1. The number of hydrogen-bond donors (Lipinski definition) is 2. The zero-order valence-electron chi connectivity index (χ0n) is 17.2. The normalized spacial score (nSPS) is 17.6. The Kier molecular flexibility index (Phi) is 7.82. The van der Waals surface area contributed by atoms with Crippen LogP contribution in [0.15, 0.2) is 48.5 Å². The van der Waals surface area contributed by atoms with Crippen molar-refractivity contribution in [3.8, 4) is 0 Å². The molecule has 1 amide bonds. The van der Waals surface area contributed by atoms with Crippen LogP contribution in [0.5, 0.6) is 0 Å². The average molecular weight is 378 g/mol. The topological polar surface area (TPSA) is 69.6 Å². The molecule has 0 radical (unpaired) electrons. The van der Waals surface area contributed by atoms with Gasteiger partial charge in [-0.05, 0) is 61.7 Å². The Balaban J connectivity index is 0.00000210. The first-order valence-corrected chi connectivity index (χ1v) is 9.06. The number of aromatic carboxylic acids is 1. The third-order valence-corrected chi connectivity index (χ3v) is 4.96. The van der Waals surface area contributed by atoms with Crippen molar-refractivity contribution in [3.63, 3.8) is 0 Å². The molecule has 0 unspecified atom stereocenters. The van der Waals surface area contributed by atoms with E-state index in [1.165, 1.54) is 24.3 Å². The van der Waals surface area contributed by atoms with E-state index in [4.69, 9.17) is 5.11 Å². The van der Waals surface area contributed by atoms with Gasteiger partial charge in [-0.1, -0.05) is 24.3 Å². The number of nitrogens with one attached hydrogen (secondary N) is 1. The smallest absolute Gasteiger partial charge is 1.00 e. The zero-order chi connectivity index (χ0) is 19.4. The summed E-state index contributed by atoms with van der Waals surface area (Å²) >= 11 is 0. The Bertz CT molecular complexity index is 835. The van der Waals surface area contributed by atoms with E-state index < -0.39 is 5.97 Å². The molecule has 2 atom stereocenters. The Labute approximate surface area is 177 Å². The molecule has 2 aromatic carbocycles. The Hall–Kier alpha value is -2.13. The van der Waals surface area contributed by atoms with Crippen molar-refractivity contribution in [3.05, 3.63) is 71.0 Å². The van der Waals surface area contributed by atoms with Crippen LogP contribution in [0.1, 0.15) is 48.7 Å². The second kappa shape index (κ2) is 9.88. The van der Waals surface area contributed by atoms with Crippen molar-refractivity contribution in [2.75, 3.05) is 6.54 Å². The molecule has 144 valence electrons. The number of likely N-dealkylation sites (tertiary alicyclic amines) is 1. The average Bonchev–Trinajstić information content (AvgIpc) is 3.10. The van der Waals surface area contributed by atoms with E-state index in [1.54, 1.807) is 18.2 Å². The summed E-state index contributed by atoms with van der Waals surface area (Å²) in [5.74, 6) is -1.30. The van der Waals surface area contributed by atoms with Gasteiger partial charge in [0.1, 0.15) is 5.82 Å². The van der Waals surface area contributed by atoms with Gasteiger partial charge >= 0.3 is 24.8 Å². The summed E-state index contributed by atoms with van der Waals surface area (Å²) in [6, 6.07) is 12.5. The first kappa shape index (κ1) is 22.2. The van der Waals surface area contributed by atoms with E-state index in [9.17, 15) is 14.0 Å². The third-order valence-electron chi connectivity index (χ3n) is 4.96. The molecule has 1 aliphatic heterocycles. The monoisotopic (exact) mass is 378 g/mol. The zero-order valence-corrected chi connectivity index (χ0v) is 16.2. The maximum atomic E-state index is 13.4. The fourth-order valence-electron chi connectivity index (χ4n) is 3.49. The molecule has 28 heavy (non-hydrogen) atoms. The van der Waals surface area contributed by atoms with E-state index in [1.807, 2.05) is 13.0 Å². The molecule has 0 spiro atoms. The molecule has 7 heteroatoms. The van der Waals surface area contributed by atoms with Crippen LogP contribution in [0, 0.1) is 5.82 Å². The minimum absolute atomic E-state index is 0. The van der Waals surface area contributed by atoms with Crippen LogP contribution < -0.4 is 24.2 Å². The molecule has 3 rings (SSSR count). The molecule has 5 nitrogen and oxygen atoms in total. The summed E-state index contributed by atoms with van der Waals surface area (Å²) in [5, 5.41) is 12.0. The molecule has 2 aromatic rings. The molecule has 1 heterocycles. The number of hydrogen-bond acceptors (Lipinski definition) is 3. The predicted octanol–water partition coefficient (Wildman–Crippen LogP) is 0.482. The van der Waals surface area contributed by atoms with Gasteiger partial charge in [0.25, 0.3) is 0 Å². The number of carboxylic acids is 1. The molecule has 0 saturated carbocycles. The Morgan fingerprint density at radius 2 is 2.00 bits per heavy atom. The molecule has 0 aliphatic carbocycles. The van der Waals surface area contributed by atoms with Crippen molar-refractivity contribution in [1.29, 1.82) is 0 Å². The SMILES string of the molecule is C[C@H](NC(=O)[C@H]1CCCN1Cc1cccc(F)c1)c1ccc(C(=O)O)cc1.[H-].[Li+]. The summed E-state index contributed by atoms with van der Waals surface area (Å²) in [7, 11) is 0. The molecule has 1 aliphatic rings. The maximum Gasteiger partial charge on any atom is 1.00 e. The fourth-order valence-corrected chi connectivity index (χ4v) is 3.49. The van der Waals surface area contributed by atoms with E-state index >= 15 is 0 Å². The molecule has 2 N–H and O–H groups in total. The molecule has 0 bridgehead atoms. The van der Waals surface area contributed by atoms with Crippen molar-refractivity contribution < 1.29 is 39.4 Å². The predicted molar refractivity (Wildman–Crippen MR) is 101 cm³/mol. The van der Waals surface area contributed by atoms with Gasteiger partial charge in [0.05, 0.1) is 17.6 Å². The molecule has 1 saturated heterocycles. The number of benzene rings is 2. The second-order valence-corrected chi connectivity index (χ2v) is 6.92. The van der Waals surface area contributed by atoms with E-state index in [0.29, 0.717) is 6.54 Å². The summed E-state index contributed by atoms with van der Waals surface area (Å²) < 4.78 is 13.4. The summed E-state index contributed by atoms with van der Waals surface area (Å²) in [6.45, 7) is 3.22. The number of carbonyl (C=O) groups excluding carboxylic acids is 1. The van der Waals surface area contributed by atoms with Gasteiger partial charge < -0.3 is 11.8 Å². The Morgan fingerprint density at radius 3 is 2.64 bits per heavy atom. The van der Waals surface area contributed by atoms with E-state index in [0.717, 1.165) is 30.5 Å². The van der Waals surface area contributed by atoms with Gasteiger partial charge in [-0.25, -0.2) is 9.18 Å². The van der Waals surface area contributed by atoms with Crippen LogP contribution in [-0.2, 0) is 11.3 Å². The van der Waals surface area contributed by atoms with Crippen molar-refractivity contribution in [2.24, 2.45) is 0 Å². The largest absolute Gasteiger partial charge is 1.00 e. The summed E-state index contributed by atoms with van der Waals surface area (Å²) in [5.41, 5.74) is 1.92. The maximum absolute atomic E-state index is 13.4. The second-order valence-electron chi connectivity index (χ2n) is 6.92. The van der Waals surface area contributed by atoms with Crippen molar-refractivity contribution >= 4 is 11.9 Å². The van der Waals surface area contributed by atoms with Gasteiger partial charge in [-0.15, -0.1) is 0 Å². The number of halogens is 1. The minimum atomic E-state index is -0.975. The van der Waals surface area contributed by atoms with Crippen LogP contribution >= 0.6 is 0 Å². The molecular formula is C21H24FLiN2O3. The van der Waals surface area contributed by atoms with Crippen molar-refractivity contribution in [2.45, 2.75) is 38.4 Å². The first-order valence-electron chi connectivity index (χ1n) is 9.06. The number of carboxylic acid groups (broad SMARTS) is 1. The minimum Gasteiger partial charge on any atom is -1.00 e. The van der Waals surface area contributed by atoms with Crippen LogP contribution in [0.4, 0.5) is 4.39 Å². The van der Waals surface area contributed by atoms with Crippen LogP contribution in [0.3, 0.4) is 0 Å².